The predicted octanol–water partition coefficient (Wildman–Crippen LogP) is 17.4. The molecule has 0 amide bonds. The third-order valence-corrected chi connectivity index (χ3v) is 11.2. The number of hydrogen-bond donors (Lipinski definition) is 0. The fourth-order valence-corrected chi connectivity index (χ4v) is 7.13. The van der Waals surface area contributed by atoms with E-state index in [4.69, 9.17) is 14.2 Å². The van der Waals surface area contributed by atoms with Crippen molar-refractivity contribution in [3.63, 3.8) is 0 Å². The summed E-state index contributed by atoms with van der Waals surface area (Å²) in [5, 5.41) is 0. The summed E-state index contributed by atoms with van der Waals surface area (Å²) in [6.45, 7) is 6.53. The molecule has 0 unspecified atom stereocenters. The summed E-state index contributed by atoms with van der Waals surface area (Å²) in [5.41, 5.74) is 0. The molecule has 6 heteroatoms. The number of allylic oxidation sites excluding steroid dienone is 12. The van der Waals surface area contributed by atoms with Crippen molar-refractivity contribution in [1.82, 2.24) is 0 Å². The fourth-order valence-electron chi connectivity index (χ4n) is 7.13. The predicted molar refractivity (Wildman–Crippen MR) is 270 cm³/mol. The molecule has 0 saturated carbocycles. The first-order valence-electron chi connectivity index (χ1n) is 26.4. The van der Waals surface area contributed by atoms with Gasteiger partial charge in [0.2, 0.25) is 0 Å². The largest absolute Gasteiger partial charge is 0.462 e. The summed E-state index contributed by atoms with van der Waals surface area (Å²) in [7, 11) is 0. The Kier molecular flexibility index (Phi) is 48.9. The van der Waals surface area contributed by atoms with Gasteiger partial charge in [-0.1, -0.05) is 196 Å². The summed E-state index contributed by atoms with van der Waals surface area (Å²) in [4.78, 5) is 38.0. The van der Waals surface area contributed by atoms with E-state index in [1.165, 1.54) is 122 Å². The van der Waals surface area contributed by atoms with Crippen molar-refractivity contribution < 1.29 is 28.6 Å². The molecular weight excluding hydrogens is 781 g/mol. The molecule has 0 spiro atoms. The zero-order chi connectivity index (χ0) is 45.8. The van der Waals surface area contributed by atoms with E-state index in [0.717, 1.165) is 83.5 Å². The van der Waals surface area contributed by atoms with E-state index in [2.05, 4.69) is 93.7 Å². The Hall–Kier alpha value is -3.15. The summed E-state index contributed by atoms with van der Waals surface area (Å²) in [6.07, 6.45) is 64.6. The van der Waals surface area contributed by atoms with Crippen LogP contribution in [0.1, 0.15) is 252 Å². The summed E-state index contributed by atoms with van der Waals surface area (Å²) in [5.74, 6) is -0.973. The van der Waals surface area contributed by atoms with Crippen LogP contribution >= 0.6 is 0 Å². The van der Waals surface area contributed by atoms with E-state index >= 15 is 0 Å². The van der Waals surface area contributed by atoms with Crippen molar-refractivity contribution >= 4 is 17.9 Å². The smallest absolute Gasteiger partial charge is 0.306 e. The molecule has 0 radical (unpaired) electrons. The number of esters is 3. The second kappa shape index (κ2) is 51.5. The topological polar surface area (TPSA) is 78.9 Å². The van der Waals surface area contributed by atoms with Crippen molar-refractivity contribution in [2.24, 2.45) is 0 Å². The number of hydrogen-bond acceptors (Lipinski definition) is 6. The Morgan fingerprint density at radius 3 is 1.02 bits per heavy atom. The van der Waals surface area contributed by atoms with E-state index in [1.807, 2.05) is 0 Å². The maximum Gasteiger partial charge on any atom is 0.306 e. The highest BCUT2D eigenvalue weighted by Gasteiger charge is 2.19. The van der Waals surface area contributed by atoms with Crippen molar-refractivity contribution in [3.05, 3.63) is 72.9 Å². The van der Waals surface area contributed by atoms with E-state index in [1.54, 1.807) is 0 Å². The maximum absolute atomic E-state index is 12.8. The van der Waals surface area contributed by atoms with Gasteiger partial charge in [-0.3, -0.25) is 14.4 Å². The van der Waals surface area contributed by atoms with Gasteiger partial charge in [0, 0.05) is 19.3 Å². The Morgan fingerprint density at radius 2 is 0.587 bits per heavy atom. The molecule has 0 aromatic rings. The first-order valence-corrected chi connectivity index (χ1v) is 26.4. The van der Waals surface area contributed by atoms with E-state index in [9.17, 15) is 14.4 Å². The lowest BCUT2D eigenvalue weighted by Crippen LogP contribution is -2.30. The van der Waals surface area contributed by atoms with Crippen LogP contribution in [0.4, 0.5) is 0 Å². The molecule has 1 atom stereocenters. The standard InChI is InChI=1S/C57H98O6/c1-4-7-10-13-16-19-22-25-27-28-30-32-35-38-41-44-47-50-56(59)62-53-54(52-61-55(58)49-46-43-40-37-34-31-24-21-18-15-12-9-6-3)63-57(60)51-48-45-42-39-36-33-29-26-23-20-17-14-11-8-5-2/h16,19,21,24-27,29-30,32,38,41,54H,4-15,17-18,20,22-23,28,31,33-37,39-40,42-53H2,1-3H3/t54-/m1/s1. The van der Waals surface area contributed by atoms with Crippen LogP contribution < -0.4 is 0 Å². The molecule has 362 valence electrons. The molecule has 0 aliphatic carbocycles. The van der Waals surface area contributed by atoms with E-state index in [-0.39, 0.29) is 37.5 Å². The molecule has 0 rings (SSSR count). The quantitative estimate of drug-likeness (QED) is 0.0262. The lowest BCUT2D eigenvalue weighted by atomic mass is 10.1. The Labute approximate surface area is 389 Å². The number of unbranched alkanes of at least 4 members (excludes halogenated alkanes) is 24. The normalized spacial score (nSPS) is 12.6. The molecule has 0 fully saturated rings. The van der Waals surface area contributed by atoms with Gasteiger partial charge in [0.1, 0.15) is 13.2 Å². The maximum atomic E-state index is 12.8. The molecule has 0 aromatic carbocycles. The number of ether oxygens (including phenoxy) is 3. The van der Waals surface area contributed by atoms with Crippen LogP contribution in [-0.2, 0) is 28.6 Å². The summed E-state index contributed by atoms with van der Waals surface area (Å²) >= 11 is 0. The monoisotopic (exact) mass is 879 g/mol. The molecule has 63 heavy (non-hydrogen) atoms. The average molecular weight is 879 g/mol. The van der Waals surface area contributed by atoms with Gasteiger partial charge in [-0.15, -0.1) is 0 Å². The van der Waals surface area contributed by atoms with Crippen LogP contribution in [-0.4, -0.2) is 37.2 Å². The second-order valence-corrected chi connectivity index (χ2v) is 17.4. The SMILES string of the molecule is CCCCCC=CCC=CCC=CCC=CCCCC(=O)OC[C@@H](COC(=O)CCCCCCCC=CCCCCCC)OC(=O)CCCCCCCC=CCCCCCCCC. The second-order valence-electron chi connectivity index (χ2n) is 17.4. The fraction of sp³-hybridized carbons (Fsp3) is 0.737. The van der Waals surface area contributed by atoms with Gasteiger partial charge < -0.3 is 14.2 Å². The third-order valence-electron chi connectivity index (χ3n) is 11.2. The summed E-state index contributed by atoms with van der Waals surface area (Å²) < 4.78 is 16.7. The van der Waals surface area contributed by atoms with Crippen LogP contribution in [0.15, 0.2) is 72.9 Å². The van der Waals surface area contributed by atoms with Crippen LogP contribution in [0, 0.1) is 0 Å². The van der Waals surface area contributed by atoms with Gasteiger partial charge in [0.25, 0.3) is 0 Å². The molecule has 0 aliphatic rings. The lowest BCUT2D eigenvalue weighted by Gasteiger charge is -2.18. The first-order chi connectivity index (χ1) is 31.0. The van der Waals surface area contributed by atoms with Crippen molar-refractivity contribution in [1.29, 1.82) is 0 Å². The Bertz CT molecular complexity index is 1190. The molecule has 0 heterocycles. The average Bonchev–Trinajstić information content (AvgIpc) is 3.28. The highest BCUT2D eigenvalue weighted by atomic mass is 16.6. The van der Waals surface area contributed by atoms with Crippen LogP contribution in [0.5, 0.6) is 0 Å². The van der Waals surface area contributed by atoms with Gasteiger partial charge >= 0.3 is 17.9 Å². The van der Waals surface area contributed by atoms with Gasteiger partial charge in [0.15, 0.2) is 6.10 Å². The molecular formula is C57H98O6. The zero-order valence-corrected chi connectivity index (χ0v) is 41.3. The minimum atomic E-state index is -0.804. The molecule has 0 bridgehead atoms. The molecule has 0 aromatic heterocycles. The first kappa shape index (κ1) is 59.9. The minimum absolute atomic E-state index is 0.1000. The lowest BCUT2D eigenvalue weighted by molar-refractivity contribution is -0.167. The number of carbonyl (C=O) groups excluding carboxylic acids is 3. The van der Waals surface area contributed by atoms with E-state index in [0.29, 0.717) is 19.3 Å². The van der Waals surface area contributed by atoms with Crippen LogP contribution in [0.3, 0.4) is 0 Å². The van der Waals surface area contributed by atoms with Crippen molar-refractivity contribution in [3.8, 4) is 0 Å². The minimum Gasteiger partial charge on any atom is -0.462 e. The molecule has 6 nitrogen and oxygen atoms in total. The summed E-state index contributed by atoms with van der Waals surface area (Å²) in [6, 6.07) is 0. The Morgan fingerprint density at radius 1 is 0.317 bits per heavy atom. The molecule has 0 aliphatic heterocycles. The molecule has 0 saturated heterocycles. The van der Waals surface area contributed by atoms with Crippen LogP contribution in [0.2, 0.25) is 0 Å². The number of carbonyl (C=O) groups is 3. The zero-order valence-electron chi connectivity index (χ0n) is 41.3. The highest BCUT2D eigenvalue weighted by molar-refractivity contribution is 5.71. The Balaban J connectivity index is 4.49. The highest BCUT2D eigenvalue weighted by Crippen LogP contribution is 2.13. The van der Waals surface area contributed by atoms with E-state index < -0.39 is 6.10 Å². The number of rotatable bonds is 47. The van der Waals surface area contributed by atoms with Gasteiger partial charge in [-0.2, -0.15) is 0 Å². The van der Waals surface area contributed by atoms with Crippen LogP contribution in [0.25, 0.3) is 0 Å². The van der Waals surface area contributed by atoms with Gasteiger partial charge in [-0.25, -0.2) is 0 Å². The third kappa shape index (κ3) is 49.7. The van der Waals surface area contributed by atoms with Gasteiger partial charge in [0.05, 0.1) is 0 Å². The van der Waals surface area contributed by atoms with Crippen molar-refractivity contribution in [2.45, 2.75) is 258 Å². The molecule has 0 N–H and O–H groups in total. The van der Waals surface area contributed by atoms with Crippen molar-refractivity contribution in [2.75, 3.05) is 13.2 Å². The van der Waals surface area contributed by atoms with Gasteiger partial charge in [-0.05, 0) is 109 Å².